The van der Waals surface area contributed by atoms with Crippen LogP contribution in [-0.4, -0.2) is 61.2 Å². The maximum absolute atomic E-state index is 14.1. The number of allylic oxidation sites excluding steroid dienone is 1. The quantitative estimate of drug-likeness (QED) is 0.372. The molecule has 192 valence electrons. The van der Waals surface area contributed by atoms with Gasteiger partial charge >= 0.3 is 6.18 Å². The van der Waals surface area contributed by atoms with Crippen LogP contribution < -0.4 is 15.9 Å². The maximum Gasteiger partial charge on any atom is 0.419 e. The van der Waals surface area contributed by atoms with Gasteiger partial charge in [0.05, 0.1) is 49.9 Å². The molecule has 0 aliphatic carbocycles. The summed E-state index contributed by atoms with van der Waals surface area (Å²) in [6, 6.07) is 5.62. The molecule has 1 aromatic carbocycles. The molecule has 3 heterocycles. The molecule has 3 N–H and O–H groups in total. The number of rotatable bonds is 7. The highest BCUT2D eigenvalue weighted by Crippen LogP contribution is 2.45. The van der Waals surface area contributed by atoms with Gasteiger partial charge in [0.15, 0.2) is 0 Å². The molecule has 1 unspecified atom stereocenters. The summed E-state index contributed by atoms with van der Waals surface area (Å²) in [5.74, 6) is 0. The van der Waals surface area contributed by atoms with Crippen LogP contribution in [0.5, 0.6) is 0 Å². The lowest BCUT2D eigenvalue weighted by atomic mass is 9.91. The van der Waals surface area contributed by atoms with Crippen LogP contribution in [0.1, 0.15) is 44.2 Å². The van der Waals surface area contributed by atoms with Gasteiger partial charge in [0, 0.05) is 46.8 Å². The van der Waals surface area contributed by atoms with Crippen molar-refractivity contribution in [2.75, 3.05) is 26.0 Å². The predicted molar refractivity (Wildman–Crippen MR) is 138 cm³/mol. The first-order valence-electron chi connectivity index (χ1n) is 11.9. The first-order valence-corrected chi connectivity index (χ1v) is 13.3. The lowest BCUT2D eigenvalue weighted by Crippen LogP contribution is -2.52. The van der Waals surface area contributed by atoms with Crippen LogP contribution >= 0.6 is 8.15 Å². The average Bonchev–Trinajstić information content (AvgIpc) is 3.51. The zero-order valence-corrected chi connectivity index (χ0v) is 21.3. The Morgan fingerprint density at radius 3 is 2.83 bits per heavy atom. The highest BCUT2D eigenvalue weighted by atomic mass is 31.1. The second kappa shape index (κ2) is 10.8. The molecule has 2 aliphatic heterocycles. The second-order valence-electron chi connectivity index (χ2n) is 9.58. The van der Waals surface area contributed by atoms with Crippen molar-refractivity contribution < 1.29 is 17.7 Å². The molecular formula is C25H30F3N6OP. The summed E-state index contributed by atoms with van der Waals surface area (Å²) in [7, 11) is -1.02. The van der Waals surface area contributed by atoms with Crippen molar-refractivity contribution in [3.63, 3.8) is 0 Å². The van der Waals surface area contributed by atoms with Crippen LogP contribution in [0.15, 0.2) is 40.1 Å². The lowest BCUT2D eigenvalue weighted by Gasteiger charge is -2.36. The number of hydrogen-bond donors (Lipinski definition) is 3. The van der Waals surface area contributed by atoms with Crippen LogP contribution in [0.4, 0.5) is 13.2 Å². The Hall–Kier alpha value is -2.57. The molecule has 2 aromatic rings. The first-order chi connectivity index (χ1) is 17.1. The third kappa shape index (κ3) is 5.70. The van der Waals surface area contributed by atoms with E-state index >= 15 is 0 Å². The van der Waals surface area contributed by atoms with E-state index in [2.05, 4.69) is 52.2 Å². The molecule has 0 spiro atoms. The number of H-pyrrole nitrogens is 1. The summed E-state index contributed by atoms with van der Waals surface area (Å²) in [5.41, 5.74) is 0.219. The number of alkyl halides is 3. The molecule has 0 saturated carbocycles. The van der Waals surface area contributed by atoms with Crippen molar-refractivity contribution in [2.45, 2.75) is 50.9 Å². The van der Waals surface area contributed by atoms with Gasteiger partial charge in [-0.2, -0.15) is 18.4 Å². The summed E-state index contributed by atoms with van der Waals surface area (Å²) in [4.78, 5) is 10.9. The number of benzene rings is 1. The number of nitriles is 1. The van der Waals surface area contributed by atoms with E-state index in [1.165, 1.54) is 6.20 Å². The van der Waals surface area contributed by atoms with E-state index in [1.54, 1.807) is 12.1 Å². The van der Waals surface area contributed by atoms with Gasteiger partial charge in [0.1, 0.15) is 0 Å². The summed E-state index contributed by atoms with van der Waals surface area (Å²) in [6.07, 6.45) is 1.09. The molecular weight excluding hydrogens is 488 g/mol. The highest BCUT2D eigenvalue weighted by molar-refractivity contribution is 7.61. The fourth-order valence-corrected chi connectivity index (χ4v) is 6.66. The van der Waals surface area contributed by atoms with E-state index in [1.807, 2.05) is 0 Å². The molecule has 2 saturated heterocycles. The molecule has 0 radical (unpaired) electrons. The van der Waals surface area contributed by atoms with Crippen molar-refractivity contribution in [3.05, 3.63) is 41.2 Å². The van der Waals surface area contributed by atoms with E-state index in [0.29, 0.717) is 41.4 Å². The molecule has 4 rings (SSSR count). The standard InChI is InChI=1S/C25H30F3N6OP/c1-24(2)8-7-17(12-34-24)32-15-33-21(20(14-30-3)25(26,27)28)19-13-31-22-18(19)6-5-16(11-29)23(22)36-10-4-9-35-36/h5-6,13-14,17,31-32,34H,3-4,7-10,12,15H2,1-2H3/b20-14+,33-21?/t17-,36?/m0/s1. The highest BCUT2D eigenvalue weighted by Gasteiger charge is 2.39. The minimum atomic E-state index is -4.69. The van der Waals surface area contributed by atoms with Crippen LogP contribution in [0.25, 0.3) is 10.9 Å². The number of nitrogens with one attached hydrogen (secondary N) is 3. The van der Waals surface area contributed by atoms with E-state index in [-0.39, 0.29) is 24.0 Å². The molecule has 11 heteroatoms. The molecule has 2 atom stereocenters. The number of halogens is 3. The third-order valence-corrected chi connectivity index (χ3v) is 8.73. The lowest BCUT2D eigenvalue weighted by molar-refractivity contribution is -0.0861. The average molecular weight is 519 g/mol. The Labute approximate surface area is 209 Å². The number of aromatic nitrogens is 1. The van der Waals surface area contributed by atoms with Gasteiger partial charge < -0.3 is 14.8 Å². The number of fused-ring (bicyclic) bond motifs is 1. The minimum absolute atomic E-state index is 0.0122. The number of nitrogens with zero attached hydrogens (tertiary/aromatic N) is 3. The van der Waals surface area contributed by atoms with Gasteiger partial charge in [-0.05, 0) is 52.1 Å². The molecule has 2 fully saturated rings. The smallest absolute Gasteiger partial charge is 0.360 e. The fraction of sp³-hybridized carbons (Fsp3) is 0.480. The van der Waals surface area contributed by atoms with Crippen LogP contribution in [0, 0.1) is 11.3 Å². The van der Waals surface area contributed by atoms with E-state index in [0.717, 1.165) is 30.7 Å². The summed E-state index contributed by atoms with van der Waals surface area (Å²) in [6.45, 7) is 8.82. The summed E-state index contributed by atoms with van der Waals surface area (Å²) >= 11 is 0. The third-order valence-electron chi connectivity index (χ3n) is 6.55. The Kier molecular flexibility index (Phi) is 7.96. The Morgan fingerprint density at radius 1 is 1.42 bits per heavy atom. The Bertz CT molecular complexity index is 1210. The number of aliphatic imine (C=N–C) groups is 2. The van der Waals surface area contributed by atoms with Gasteiger partial charge in [0.2, 0.25) is 0 Å². The van der Waals surface area contributed by atoms with Gasteiger partial charge in [0.25, 0.3) is 0 Å². The van der Waals surface area contributed by atoms with Crippen molar-refractivity contribution >= 4 is 36.8 Å². The number of hydrogen-bond acceptors (Lipinski definition) is 6. The predicted octanol–water partition coefficient (Wildman–Crippen LogP) is 4.50. The Balaban J connectivity index is 1.74. The van der Waals surface area contributed by atoms with Crippen LogP contribution in [0.2, 0.25) is 0 Å². The minimum Gasteiger partial charge on any atom is -0.360 e. The second-order valence-corrected chi connectivity index (χ2v) is 11.5. The van der Waals surface area contributed by atoms with E-state index in [9.17, 15) is 18.4 Å². The van der Waals surface area contributed by atoms with Crippen molar-refractivity contribution in [3.8, 4) is 6.07 Å². The molecule has 2 aliphatic rings. The Morgan fingerprint density at radius 2 is 2.22 bits per heavy atom. The molecule has 36 heavy (non-hydrogen) atoms. The zero-order valence-electron chi connectivity index (χ0n) is 20.4. The number of piperidine rings is 1. The zero-order chi connectivity index (χ0) is 25.9. The number of aromatic amines is 1. The fourth-order valence-electron chi connectivity index (χ4n) is 4.58. The maximum atomic E-state index is 14.1. The molecule has 0 bridgehead atoms. The summed E-state index contributed by atoms with van der Waals surface area (Å²) < 4.78 is 48.2. The van der Waals surface area contributed by atoms with E-state index < -0.39 is 19.9 Å². The van der Waals surface area contributed by atoms with Crippen molar-refractivity contribution in [1.29, 1.82) is 5.26 Å². The molecule has 1 aromatic heterocycles. The van der Waals surface area contributed by atoms with Crippen molar-refractivity contribution in [2.24, 2.45) is 9.98 Å². The first kappa shape index (κ1) is 26.5. The summed E-state index contributed by atoms with van der Waals surface area (Å²) in [5, 5.41) is 17.7. The van der Waals surface area contributed by atoms with Crippen molar-refractivity contribution in [1.82, 2.24) is 15.6 Å². The topological polar surface area (TPSA) is 97.6 Å². The largest absolute Gasteiger partial charge is 0.419 e. The monoisotopic (exact) mass is 518 g/mol. The van der Waals surface area contributed by atoms with Gasteiger partial charge in [-0.15, -0.1) is 0 Å². The van der Waals surface area contributed by atoms with Crippen LogP contribution in [0.3, 0.4) is 0 Å². The van der Waals surface area contributed by atoms with Gasteiger partial charge in [-0.25, -0.2) is 0 Å². The van der Waals surface area contributed by atoms with E-state index in [4.69, 9.17) is 4.52 Å². The SMILES string of the molecule is C=N/C=C(\C(=NCN[C@H]1CCC(C)(C)NC1)c1c[nH]c2c(P3CCCO3)c(C#N)ccc12)C(F)(F)F. The van der Waals surface area contributed by atoms with Crippen LogP contribution in [-0.2, 0) is 4.52 Å². The molecule has 7 nitrogen and oxygen atoms in total. The van der Waals surface area contributed by atoms with Gasteiger partial charge in [-0.3, -0.25) is 15.3 Å². The molecule has 0 amide bonds. The normalized spacial score (nSPS) is 23.1. The van der Waals surface area contributed by atoms with Gasteiger partial charge in [-0.1, -0.05) is 6.07 Å².